The van der Waals surface area contributed by atoms with Gasteiger partial charge in [0.2, 0.25) is 0 Å². The second-order valence-electron chi connectivity index (χ2n) is 7.19. The first-order chi connectivity index (χ1) is 15.4. The van der Waals surface area contributed by atoms with Crippen LogP contribution in [0.5, 0.6) is 11.5 Å². The summed E-state index contributed by atoms with van der Waals surface area (Å²) in [6.07, 6.45) is 1.54. The Morgan fingerprint density at radius 3 is 2.66 bits per heavy atom. The van der Waals surface area contributed by atoms with Gasteiger partial charge in [-0.25, -0.2) is 10.2 Å². The zero-order chi connectivity index (χ0) is 22.9. The van der Waals surface area contributed by atoms with Crippen LogP contribution in [0.25, 0.3) is 0 Å². The summed E-state index contributed by atoms with van der Waals surface area (Å²) in [7, 11) is 0. The number of aryl methyl sites for hydroxylation is 2. The molecule has 0 aliphatic carbocycles. The van der Waals surface area contributed by atoms with E-state index in [-0.39, 0.29) is 0 Å². The quantitative estimate of drug-likeness (QED) is 0.321. The van der Waals surface area contributed by atoms with E-state index in [1.54, 1.807) is 24.3 Å². The number of ether oxygens (including phenoxy) is 2. The third kappa shape index (κ3) is 6.75. The zero-order valence-electron chi connectivity index (χ0n) is 18.3. The highest BCUT2D eigenvalue weighted by atomic mass is 35.5. The summed E-state index contributed by atoms with van der Waals surface area (Å²) >= 11 is 5.91. The average Bonchev–Trinajstić information content (AvgIpc) is 2.75. The Morgan fingerprint density at radius 2 is 1.88 bits per heavy atom. The van der Waals surface area contributed by atoms with E-state index in [0.717, 1.165) is 11.1 Å². The number of rotatable bonds is 8. The maximum atomic E-state index is 12.0. The molecule has 0 bridgehead atoms. The topological polar surface area (TPSA) is 72.0 Å². The van der Waals surface area contributed by atoms with E-state index < -0.39 is 6.03 Å². The molecular formula is C25H26ClN3O3. The Bertz CT molecular complexity index is 1120. The molecule has 166 valence electrons. The normalized spacial score (nSPS) is 10.8. The van der Waals surface area contributed by atoms with Crippen LogP contribution in [0.3, 0.4) is 0 Å². The molecule has 0 heterocycles. The maximum Gasteiger partial charge on any atom is 0.339 e. The van der Waals surface area contributed by atoms with Crippen molar-refractivity contribution in [1.29, 1.82) is 0 Å². The molecule has 0 fully saturated rings. The fraction of sp³-hybridized carbons (Fsp3) is 0.200. The molecule has 0 aromatic heterocycles. The second-order valence-corrected chi connectivity index (χ2v) is 7.63. The van der Waals surface area contributed by atoms with Gasteiger partial charge in [-0.05, 0) is 73.9 Å². The third-order valence-electron chi connectivity index (χ3n) is 4.62. The number of hydrazone groups is 1. The second kappa shape index (κ2) is 11.2. The van der Waals surface area contributed by atoms with Crippen LogP contribution in [-0.2, 0) is 6.61 Å². The van der Waals surface area contributed by atoms with Crippen molar-refractivity contribution in [3.63, 3.8) is 0 Å². The van der Waals surface area contributed by atoms with Gasteiger partial charge >= 0.3 is 6.03 Å². The Kier molecular flexibility index (Phi) is 8.11. The van der Waals surface area contributed by atoms with Crippen LogP contribution >= 0.6 is 11.6 Å². The van der Waals surface area contributed by atoms with Gasteiger partial charge in [-0.15, -0.1) is 0 Å². The van der Waals surface area contributed by atoms with E-state index in [2.05, 4.69) is 47.9 Å². The first kappa shape index (κ1) is 23.2. The molecule has 0 aliphatic rings. The Labute approximate surface area is 193 Å². The van der Waals surface area contributed by atoms with Gasteiger partial charge in [-0.1, -0.05) is 41.4 Å². The summed E-state index contributed by atoms with van der Waals surface area (Å²) in [5, 5.41) is 7.18. The maximum absolute atomic E-state index is 12.0. The highest BCUT2D eigenvalue weighted by Gasteiger charge is 2.08. The lowest BCUT2D eigenvalue weighted by atomic mass is 10.1. The molecule has 3 aromatic rings. The predicted octanol–water partition coefficient (Wildman–Crippen LogP) is 6.09. The number of carbonyl (C=O) groups excluding carboxylic acids is 1. The summed E-state index contributed by atoms with van der Waals surface area (Å²) in [5.74, 6) is 1.27. The average molecular weight is 452 g/mol. The zero-order valence-corrected chi connectivity index (χ0v) is 19.1. The van der Waals surface area contributed by atoms with Gasteiger partial charge in [0.1, 0.15) is 6.61 Å². The minimum absolute atomic E-state index is 0.451. The summed E-state index contributed by atoms with van der Waals surface area (Å²) in [6.45, 7) is 6.99. The van der Waals surface area contributed by atoms with E-state index in [1.165, 1.54) is 17.3 Å². The van der Waals surface area contributed by atoms with Crippen molar-refractivity contribution >= 4 is 29.5 Å². The van der Waals surface area contributed by atoms with Crippen LogP contribution in [-0.4, -0.2) is 18.9 Å². The summed E-state index contributed by atoms with van der Waals surface area (Å²) < 4.78 is 11.8. The van der Waals surface area contributed by atoms with E-state index in [1.807, 2.05) is 25.1 Å². The van der Waals surface area contributed by atoms with Gasteiger partial charge in [0, 0.05) is 10.7 Å². The molecule has 0 saturated heterocycles. The molecule has 2 N–H and O–H groups in total. The van der Waals surface area contributed by atoms with Crippen molar-refractivity contribution in [2.24, 2.45) is 5.10 Å². The molecule has 2 amide bonds. The molecule has 3 aromatic carbocycles. The highest BCUT2D eigenvalue weighted by Crippen LogP contribution is 2.29. The van der Waals surface area contributed by atoms with Crippen LogP contribution in [0.4, 0.5) is 10.5 Å². The largest absolute Gasteiger partial charge is 0.490 e. The smallest absolute Gasteiger partial charge is 0.339 e. The number of urea groups is 1. The molecule has 0 saturated carbocycles. The van der Waals surface area contributed by atoms with Crippen molar-refractivity contribution in [3.8, 4) is 11.5 Å². The van der Waals surface area contributed by atoms with Crippen LogP contribution < -0.4 is 20.2 Å². The number of nitrogens with zero attached hydrogens (tertiary/aromatic N) is 1. The lowest BCUT2D eigenvalue weighted by Crippen LogP contribution is -2.24. The van der Waals surface area contributed by atoms with E-state index in [9.17, 15) is 4.79 Å². The first-order valence-electron chi connectivity index (χ1n) is 10.3. The number of hydrogen-bond donors (Lipinski definition) is 2. The Morgan fingerprint density at radius 1 is 1.03 bits per heavy atom. The summed E-state index contributed by atoms with van der Waals surface area (Å²) in [6, 6.07) is 18.2. The van der Waals surface area contributed by atoms with E-state index in [4.69, 9.17) is 21.1 Å². The van der Waals surface area contributed by atoms with Crippen molar-refractivity contribution in [2.45, 2.75) is 27.4 Å². The number of hydrogen-bond acceptors (Lipinski definition) is 4. The van der Waals surface area contributed by atoms with Gasteiger partial charge in [0.15, 0.2) is 11.5 Å². The number of carbonyl (C=O) groups is 1. The predicted molar refractivity (Wildman–Crippen MR) is 129 cm³/mol. The van der Waals surface area contributed by atoms with Crippen LogP contribution in [0.15, 0.2) is 65.8 Å². The molecular weight excluding hydrogens is 426 g/mol. The highest BCUT2D eigenvalue weighted by molar-refractivity contribution is 6.30. The number of halogens is 1. The van der Waals surface area contributed by atoms with Gasteiger partial charge in [0.25, 0.3) is 0 Å². The fourth-order valence-corrected chi connectivity index (χ4v) is 3.18. The molecule has 6 nitrogen and oxygen atoms in total. The lowest BCUT2D eigenvalue weighted by Gasteiger charge is -2.14. The molecule has 0 spiro atoms. The summed E-state index contributed by atoms with van der Waals surface area (Å²) in [4.78, 5) is 12.0. The molecule has 0 unspecified atom stereocenters. The molecule has 3 rings (SSSR count). The van der Waals surface area contributed by atoms with Crippen LogP contribution in [0, 0.1) is 13.8 Å². The Hall–Kier alpha value is -3.51. The van der Waals surface area contributed by atoms with Crippen molar-refractivity contribution < 1.29 is 14.3 Å². The minimum Gasteiger partial charge on any atom is -0.490 e. The van der Waals surface area contributed by atoms with Gasteiger partial charge in [-0.2, -0.15) is 5.10 Å². The number of amides is 2. The number of benzene rings is 3. The standard InChI is InChI=1S/C25H26ClN3O3/c1-4-31-24-13-19(15-27-29-25(30)28-22-7-5-6-21(26)14-22)10-11-23(24)32-16-20-12-17(2)8-9-18(20)3/h5-15H,4,16H2,1-3H3,(H2,28,29,30)/b27-15-. The number of anilines is 1. The third-order valence-corrected chi connectivity index (χ3v) is 4.85. The monoisotopic (exact) mass is 451 g/mol. The minimum atomic E-state index is -0.470. The molecule has 32 heavy (non-hydrogen) atoms. The molecule has 0 atom stereocenters. The fourth-order valence-electron chi connectivity index (χ4n) is 2.99. The van der Waals surface area contributed by atoms with Crippen LogP contribution in [0.1, 0.15) is 29.2 Å². The SMILES string of the molecule is CCOc1cc(/C=N\NC(=O)Nc2cccc(Cl)c2)ccc1OCc1cc(C)ccc1C. The van der Waals surface area contributed by atoms with Gasteiger partial charge < -0.3 is 14.8 Å². The Balaban J connectivity index is 1.63. The first-order valence-corrected chi connectivity index (χ1v) is 10.6. The van der Waals surface area contributed by atoms with E-state index in [0.29, 0.717) is 35.4 Å². The van der Waals surface area contributed by atoms with Crippen LogP contribution in [0.2, 0.25) is 5.02 Å². The molecule has 7 heteroatoms. The van der Waals surface area contributed by atoms with Gasteiger partial charge in [0.05, 0.1) is 12.8 Å². The summed E-state index contributed by atoms with van der Waals surface area (Å²) in [5.41, 5.74) is 7.27. The van der Waals surface area contributed by atoms with Gasteiger partial charge in [-0.3, -0.25) is 0 Å². The van der Waals surface area contributed by atoms with E-state index >= 15 is 0 Å². The number of nitrogens with one attached hydrogen (secondary N) is 2. The van der Waals surface area contributed by atoms with Crippen molar-refractivity contribution in [1.82, 2.24) is 5.43 Å². The lowest BCUT2D eigenvalue weighted by molar-refractivity contribution is 0.252. The molecule has 0 aliphatic heterocycles. The van der Waals surface area contributed by atoms with Crippen molar-refractivity contribution in [3.05, 3.63) is 87.9 Å². The molecule has 0 radical (unpaired) electrons. The van der Waals surface area contributed by atoms with Crippen molar-refractivity contribution in [2.75, 3.05) is 11.9 Å².